The molecule has 0 aromatic heterocycles. The van der Waals surface area contributed by atoms with Gasteiger partial charge in [-0.15, -0.1) is 0 Å². The fourth-order valence-electron chi connectivity index (χ4n) is 2.64. The molecule has 0 spiro atoms. The average molecular weight is 356 g/mol. The van der Waals surface area contributed by atoms with Gasteiger partial charge in [0.2, 0.25) is 0 Å². The number of nitrogens with zero attached hydrogens (tertiary/aromatic N) is 1. The molecule has 128 valence electrons. The molecular weight excluding hydrogens is 341 g/mol. The smallest absolute Gasteiger partial charge is 0.264 e. The zero-order valence-electron chi connectivity index (χ0n) is 12.6. The van der Waals surface area contributed by atoms with Crippen LogP contribution in [0.5, 0.6) is 0 Å². The number of hydrogen-bond donors (Lipinski definition) is 1. The van der Waals surface area contributed by atoms with E-state index in [1.165, 1.54) is 0 Å². The molecule has 1 saturated heterocycles. The standard InChI is InChI=1S/C16H15F3N2O2S/c17-13-7-8-14(16(19)15(13)18)24(22,23)20-11-3-5-12(6-4-11)21-9-1-2-10-21/h3-8,20H,1-2,9-10H2. The normalized spacial score (nSPS) is 14.9. The van der Waals surface area contributed by atoms with Gasteiger partial charge in [-0.05, 0) is 49.2 Å². The van der Waals surface area contributed by atoms with E-state index in [2.05, 4.69) is 9.62 Å². The topological polar surface area (TPSA) is 49.4 Å². The molecule has 3 rings (SSSR count). The average Bonchev–Trinajstić information content (AvgIpc) is 3.07. The minimum absolute atomic E-state index is 0.210. The fourth-order valence-corrected chi connectivity index (χ4v) is 3.77. The Bertz CT molecular complexity index is 848. The molecule has 1 fully saturated rings. The van der Waals surface area contributed by atoms with E-state index in [4.69, 9.17) is 0 Å². The SMILES string of the molecule is O=S(=O)(Nc1ccc(N2CCCC2)cc1)c1ccc(F)c(F)c1F. The Kier molecular flexibility index (Phi) is 4.40. The first-order chi connectivity index (χ1) is 11.4. The van der Waals surface area contributed by atoms with Crippen molar-refractivity contribution in [2.75, 3.05) is 22.7 Å². The van der Waals surface area contributed by atoms with Crippen molar-refractivity contribution in [2.24, 2.45) is 0 Å². The Morgan fingerprint density at radius 2 is 1.50 bits per heavy atom. The summed E-state index contributed by atoms with van der Waals surface area (Å²) in [6, 6.07) is 7.86. The molecule has 1 heterocycles. The maximum Gasteiger partial charge on any atom is 0.264 e. The molecule has 4 nitrogen and oxygen atoms in total. The van der Waals surface area contributed by atoms with Crippen molar-refractivity contribution >= 4 is 21.4 Å². The largest absolute Gasteiger partial charge is 0.372 e. The second kappa shape index (κ2) is 6.35. The molecule has 1 N–H and O–H groups in total. The van der Waals surface area contributed by atoms with Gasteiger partial charge in [-0.25, -0.2) is 21.6 Å². The van der Waals surface area contributed by atoms with Crippen LogP contribution in [0.25, 0.3) is 0 Å². The molecule has 8 heteroatoms. The van der Waals surface area contributed by atoms with Crippen molar-refractivity contribution in [3.63, 3.8) is 0 Å². The lowest BCUT2D eigenvalue weighted by atomic mass is 10.2. The van der Waals surface area contributed by atoms with E-state index in [9.17, 15) is 21.6 Å². The molecule has 0 bridgehead atoms. The molecule has 2 aromatic rings. The molecule has 1 aliphatic heterocycles. The molecule has 0 atom stereocenters. The van der Waals surface area contributed by atoms with Crippen molar-refractivity contribution < 1.29 is 21.6 Å². The third-order valence-electron chi connectivity index (χ3n) is 3.88. The Morgan fingerprint density at radius 3 is 2.12 bits per heavy atom. The van der Waals surface area contributed by atoms with Crippen molar-refractivity contribution in [3.05, 3.63) is 53.8 Å². The van der Waals surface area contributed by atoms with E-state index in [1.54, 1.807) is 24.3 Å². The molecule has 24 heavy (non-hydrogen) atoms. The molecule has 0 saturated carbocycles. The van der Waals surface area contributed by atoms with Crippen LogP contribution in [0.4, 0.5) is 24.5 Å². The first-order valence-electron chi connectivity index (χ1n) is 7.40. The van der Waals surface area contributed by atoms with E-state index in [1.807, 2.05) is 0 Å². The number of rotatable bonds is 4. The molecule has 0 aliphatic carbocycles. The highest BCUT2D eigenvalue weighted by atomic mass is 32.2. The Hall–Kier alpha value is -2.22. The second-order valence-corrected chi connectivity index (χ2v) is 7.17. The van der Waals surface area contributed by atoms with Gasteiger partial charge in [0, 0.05) is 24.5 Å². The van der Waals surface area contributed by atoms with E-state index < -0.39 is 32.4 Å². The number of sulfonamides is 1. The van der Waals surface area contributed by atoms with Crippen LogP contribution in [0.2, 0.25) is 0 Å². The van der Waals surface area contributed by atoms with Gasteiger partial charge in [0.1, 0.15) is 4.90 Å². The monoisotopic (exact) mass is 356 g/mol. The van der Waals surface area contributed by atoms with Gasteiger partial charge >= 0.3 is 0 Å². The summed E-state index contributed by atoms with van der Waals surface area (Å²) >= 11 is 0. The minimum atomic E-state index is -4.36. The van der Waals surface area contributed by atoms with E-state index >= 15 is 0 Å². The van der Waals surface area contributed by atoms with Gasteiger partial charge in [0.05, 0.1) is 0 Å². The molecular formula is C16H15F3N2O2S. The van der Waals surface area contributed by atoms with Crippen molar-refractivity contribution in [1.82, 2.24) is 0 Å². The third kappa shape index (κ3) is 3.19. The van der Waals surface area contributed by atoms with Crippen LogP contribution in [-0.2, 0) is 10.0 Å². The van der Waals surface area contributed by atoms with Gasteiger partial charge in [0.15, 0.2) is 17.5 Å². The quantitative estimate of drug-likeness (QED) is 0.853. The van der Waals surface area contributed by atoms with Gasteiger partial charge < -0.3 is 4.90 Å². The van der Waals surface area contributed by atoms with Crippen LogP contribution < -0.4 is 9.62 Å². The summed E-state index contributed by atoms with van der Waals surface area (Å²) in [6.07, 6.45) is 2.23. The summed E-state index contributed by atoms with van der Waals surface area (Å²) in [5.74, 6) is -5.00. The summed E-state index contributed by atoms with van der Waals surface area (Å²) in [7, 11) is -4.36. The Balaban J connectivity index is 1.83. The Labute approximate surface area is 138 Å². The Morgan fingerprint density at radius 1 is 0.875 bits per heavy atom. The molecule has 0 radical (unpaired) electrons. The first kappa shape index (κ1) is 16.6. The van der Waals surface area contributed by atoms with Crippen LogP contribution in [0.1, 0.15) is 12.8 Å². The summed E-state index contributed by atoms with van der Waals surface area (Å²) < 4.78 is 66.4. The lowest BCUT2D eigenvalue weighted by molar-refractivity contribution is 0.432. The van der Waals surface area contributed by atoms with Crippen LogP contribution in [-0.4, -0.2) is 21.5 Å². The summed E-state index contributed by atoms with van der Waals surface area (Å²) in [4.78, 5) is 1.23. The van der Waals surface area contributed by atoms with E-state index in [-0.39, 0.29) is 5.69 Å². The minimum Gasteiger partial charge on any atom is -0.372 e. The number of hydrogen-bond acceptors (Lipinski definition) is 3. The van der Waals surface area contributed by atoms with E-state index in [0.29, 0.717) is 12.1 Å². The molecule has 0 amide bonds. The summed E-state index contributed by atoms with van der Waals surface area (Å²) in [6.45, 7) is 1.90. The van der Waals surface area contributed by atoms with E-state index in [0.717, 1.165) is 31.6 Å². The van der Waals surface area contributed by atoms with Gasteiger partial charge in [0.25, 0.3) is 10.0 Å². The van der Waals surface area contributed by atoms with Gasteiger partial charge in [-0.3, -0.25) is 4.72 Å². The zero-order valence-corrected chi connectivity index (χ0v) is 13.4. The summed E-state index contributed by atoms with van der Waals surface area (Å²) in [5, 5.41) is 0. The van der Waals surface area contributed by atoms with Crippen LogP contribution >= 0.6 is 0 Å². The highest BCUT2D eigenvalue weighted by Crippen LogP contribution is 2.25. The van der Waals surface area contributed by atoms with Crippen molar-refractivity contribution in [1.29, 1.82) is 0 Å². The highest BCUT2D eigenvalue weighted by Gasteiger charge is 2.24. The number of halogens is 3. The van der Waals surface area contributed by atoms with Crippen LogP contribution in [0.15, 0.2) is 41.3 Å². The lowest BCUT2D eigenvalue weighted by Gasteiger charge is -2.18. The predicted molar refractivity (Wildman–Crippen MR) is 85.0 cm³/mol. The molecule has 0 unspecified atom stereocenters. The fraction of sp³-hybridized carbons (Fsp3) is 0.250. The van der Waals surface area contributed by atoms with Gasteiger partial charge in [-0.1, -0.05) is 0 Å². The third-order valence-corrected chi connectivity index (χ3v) is 5.28. The summed E-state index contributed by atoms with van der Waals surface area (Å²) in [5.41, 5.74) is 1.18. The van der Waals surface area contributed by atoms with Gasteiger partial charge in [-0.2, -0.15) is 0 Å². The second-order valence-electron chi connectivity index (χ2n) is 5.52. The molecule has 1 aliphatic rings. The maximum atomic E-state index is 13.7. The highest BCUT2D eigenvalue weighted by molar-refractivity contribution is 7.92. The maximum absolute atomic E-state index is 13.7. The predicted octanol–water partition coefficient (Wildman–Crippen LogP) is 3.50. The first-order valence-corrected chi connectivity index (χ1v) is 8.88. The number of anilines is 2. The van der Waals surface area contributed by atoms with Crippen LogP contribution in [0, 0.1) is 17.5 Å². The van der Waals surface area contributed by atoms with Crippen molar-refractivity contribution in [3.8, 4) is 0 Å². The number of nitrogens with one attached hydrogen (secondary N) is 1. The lowest BCUT2D eigenvalue weighted by Crippen LogP contribution is -2.18. The molecule has 2 aromatic carbocycles. The zero-order chi connectivity index (χ0) is 17.3. The van der Waals surface area contributed by atoms with Crippen molar-refractivity contribution in [2.45, 2.75) is 17.7 Å². The van der Waals surface area contributed by atoms with Crippen LogP contribution in [0.3, 0.4) is 0 Å². The number of benzene rings is 2.